The number of amides is 1. The van der Waals surface area contributed by atoms with Crippen LogP contribution in [-0.4, -0.2) is 28.8 Å². The maximum Gasteiger partial charge on any atom is 0.271 e. The molecule has 0 unspecified atom stereocenters. The average molecular weight is 181 g/mol. The highest BCUT2D eigenvalue weighted by molar-refractivity contribution is 5.95. The van der Waals surface area contributed by atoms with Gasteiger partial charge in [0.15, 0.2) is 5.69 Å². The van der Waals surface area contributed by atoms with Crippen LogP contribution in [0, 0.1) is 0 Å². The maximum atomic E-state index is 10.8. The second kappa shape index (κ2) is 2.74. The first-order valence-electron chi connectivity index (χ1n) is 4.03. The quantitative estimate of drug-likeness (QED) is 0.528. The van der Waals surface area contributed by atoms with Gasteiger partial charge in [0.2, 0.25) is 0 Å². The van der Waals surface area contributed by atoms with E-state index in [1.165, 1.54) is 0 Å². The largest absolute Gasteiger partial charge is 0.396 e. The van der Waals surface area contributed by atoms with Crippen molar-refractivity contribution in [2.24, 2.45) is 5.73 Å². The number of carbonyl (C=O) groups excluding carboxylic acids is 1. The number of carbonyl (C=O) groups is 1. The fraction of sp³-hybridized carbons (Fsp3) is 0.429. The van der Waals surface area contributed by atoms with Crippen LogP contribution in [0.4, 0.5) is 5.69 Å². The van der Waals surface area contributed by atoms with E-state index in [1.54, 1.807) is 10.9 Å². The summed E-state index contributed by atoms with van der Waals surface area (Å²) in [4.78, 5) is 10.8. The van der Waals surface area contributed by atoms with Crippen molar-refractivity contribution in [1.29, 1.82) is 0 Å². The molecule has 2 rings (SSSR count). The standard InChI is InChI=1S/C7H11N5O/c8-5-3-12(4-1-10-2-4)11-6(5)7(9)13/h3-4,10H,1-2,8H2,(H2,9,13). The number of nitrogen functional groups attached to an aromatic ring is 1. The van der Waals surface area contributed by atoms with Gasteiger partial charge < -0.3 is 16.8 Å². The highest BCUT2D eigenvalue weighted by Gasteiger charge is 2.22. The first kappa shape index (κ1) is 8.06. The molecule has 1 fully saturated rings. The fourth-order valence-electron chi connectivity index (χ4n) is 1.24. The maximum absolute atomic E-state index is 10.8. The molecular formula is C7H11N5O. The van der Waals surface area contributed by atoms with Crippen LogP contribution in [0.3, 0.4) is 0 Å². The molecule has 1 amide bonds. The number of anilines is 1. The SMILES string of the molecule is NC(=O)c1nn(C2CNC2)cc1N. The Morgan fingerprint density at radius 2 is 2.38 bits per heavy atom. The summed E-state index contributed by atoms with van der Waals surface area (Å²) in [5, 5.41) is 7.11. The van der Waals surface area contributed by atoms with Crippen molar-refractivity contribution in [3.8, 4) is 0 Å². The summed E-state index contributed by atoms with van der Waals surface area (Å²) in [7, 11) is 0. The Morgan fingerprint density at radius 3 is 2.77 bits per heavy atom. The summed E-state index contributed by atoms with van der Waals surface area (Å²) in [5.41, 5.74) is 11.1. The minimum atomic E-state index is -0.580. The van der Waals surface area contributed by atoms with Crippen molar-refractivity contribution in [3.05, 3.63) is 11.9 Å². The molecular weight excluding hydrogens is 170 g/mol. The van der Waals surface area contributed by atoms with Crippen molar-refractivity contribution < 1.29 is 4.79 Å². The average Bonchev–Trinajstić information content (AvgIpc) is 2.27. The van der Waals surface area contributed by atoms with Gasteiger partial charge in [0.05, 0.1) is 11.7 Å². The zero-order chi connectivity index (χ0) is 9.42. The Labute approximate surface area is 74.9 Å². The van der Waals surface area contributed by atoms with Crippen LogP contribution >= 0.6 is 0 Å². The number of rotatable bonds is 2. The second-order valence-electron chi connectivity index (χ2n) is 3.09. The first-order chi connectivity index (χ1) is 6.18. The highest BCUT2D eigenvalue weighted by Crippen LogP contribution is 2.15. The third-order valence-electron chi connectivity index (χ3n) is 2.13. The zero-order valence-corrected chi connectivity index (χ0v) is 7.03. The molecule has 0 atom stereocenters. The van der Waals surface area contributed by atoms with Crippen LogP contribution < -0.4 is 16.8 Å². The van der Waals surface area contributed by atoms with Crippen molar-refractivity contribution in [3.63, 3.8) is 0 Å². The minimum Gasteiger partial charge on any atom is -0.396 e. The van der Waals surface area contributed by atoms with Crippen LogP contribution in [0.1, 0.15) is 16.5 Å². The van der Waals surface area contributed by atoms with Crippen molar-refractivity contribution >= 4 is 11.6 Å². The molecule has 1 saturated heterocycles. The van der Waals surface area contributed by atoms with E-state index in [9.17, 15) is 4.79 Å². The topological polar surface area (TPSA) is 99.0 Å². The molecule has 1 aliphatic heterocycles. The number of primary amides is 1. The van der Waals surface area contributed by atoms with Gasteiger partial charge in [0.1, 0.15) is 0 Å². The van der Waals surface area contributed by atoms with E-state index in [2.05, 4.69) is 10.4 Å². The van der Waals surface area contributed by atoms with Crippen LogP contribution in [-0.2, 0) is 0 Å². The van der Waals surface area contributed by atoms with E-state index in [-0.39, 0.29) is 5.69 Å². The summed E-state index contributed by atoms with van der Waals surface area (Å²) in [6, 6.07) is 0.301. The number of nitrogens with two attached hydrogens (primary N) is 2. The van der Waals surface area contributed by atoms with Gasteiger partial charge in [-0.25, -0.2) is 0 Å². The molecule has 70 valence electrons. The molecule has 0 aliphatic carbocycles. The summed E-state index contributed by atoms with van der Waals surface area (Å²) in [5.74, 6) is -0.580. The van der Waals surface area contributed by atoms with Crippen molar-refractivity contribution in [2.45, 2.75) is 6.04 Å². The molecule has 1 aromatic heterocycles. The molecule has 2 heterocycles. The van der Waals surface area contributed by atoms with Crippen LogP contribution in [0.5, 0.6) is 0 Å². The molecule has 5 N–H and O–H groups in total. The molecule has 6 heteroatoms. The predicted molar refractivity (Wildman–Crippen MR) is 47.1 cm³/mol. The van der Waals surface area contributed by atoms with Gasteiger partial charge in [-0.1, -0.05) is 0 Å². The van der Waals surface area contributed by atoms with Crippen LogP contribution in [0.2, 0.25) is 0 Å². The summed E-state index contributed by atoms with van der Waals surface area (Å²) < 4.78 is 1.69. The lowest BCUT2D eigenvalue weighted by Gasteiger charge is -2.27. The third-order valence-corrected chi connectivity index (χ3v) is 2.13. The Bertz CT molecular complexity index is 341. The van der Waals surface area contributed by atoms with E-state index < -0.39 is 5.91 Å². The summed E-state index contributed by atoms with van der Waals surface area (Å²) in [6.07, 6.45) is 1.64. The van der Waals surface area contributed by atoms with E-state index in [0.29, 0.717) is 11.7 Å². The van der Waals surface area contributed by atoms with Crippen molar-refractivity contribution in [1.82, 2.24) is 15.1 Å². The number of hydrogen-bond donors (Lipinski definition) is 3. The monoisotopic (exact) mass is 181 g/mol. The second-order valence-corrected chi connectivity index (χ2v) is 3.09. The van der Waals surface area contributed by atoms with Gasteiger partial charge in [0.25, 0.3) is 5.91 Å². The molecule has 0 spiro atoms. The smallest absolute Gasteiger partial charge is 0.271 e. The lowest BCUT2D eigenvalue weighted by Crippen LogP contribution is -2.43. The lowest BCUT2D eigenvalue weighted by atomic mass is 10.2. The van der Waals surface area contributed by atoms with Gasteiger partial charge in [0, 0.05) is 19.3 Å². The van der Waals surface area contributed by atoms with Gasteiger partial charge >= 0.3 is 0 Å². The summed E-state index contributed by atoms with van der Waals surface area (Å²) in [6.45, 7) is 1.72. The first-order valence-corrected chi connectivity index (χ1v) is 4.03. The van der Waals surface area contributed by atoms with Gasteiger partial charge in [-0.05, 0) is 0 Å². The number of nitrogens with one attached hydrogen (secondary N) is 1. The highest BCUT2D eigenvalue weighted by atomic mass is 16.1. The van der Waals surface area contributed by atoms with E-state index in [4.69, 9.17) is 11.5 Å². The molecule has 0 aromatic carbocycles. The molecule has 1 aliphatic rings. The molecule has 13 heavy (non-hydrogen) atoms. The minimum absolute atomic E-state index is 0.159. The normalized spacial score (nSPS) is 16.9. The molecule has 6 nitrogen and oxygen atoms in total. The third kappa shape index (κ3) is 1.25. The fourth-order valence-corrected chi connectivity index (χ4v) is 1.24. The molecule has 1 aromatic rings. The van der Waals surface area contributed by atoms with Gasteiger partial charge in [-0.2, -0.15) is 5.10 Å². The Kier molecular flexibility index (Phi) is 1.70. The number of nitrogens with zero attached hydrogens (tertiary/aromatic N) is 2. The Hall–Kier alpha value is -1.56. The lowest BCUT2D eigenvalue weighted by molar-refractivity contribution is 0.0995. The molecule has 0 saturated carbocycles. The molecule has 0 radical (unpaired) electrons. The number of aromatic nitrogens is 2. The van der Waals surface area contributed by atoms with Gasteiger partial charge in [-0.3, -0.25) is 9.48 Å². The Balaban J connectivity index is 2.28. The molecule has 0 bridgehead atoms. The summed E-state index contributed by atoms with van der Waals surface area (Å²) >= 11 is 0. The Morgan fingerprint density at radius 1 is 1.69 bits per heavy atom. The van der Waals surface area contributed by atoms with E-state index in [1.807, 2.05) is 0 Å². The zero-order valence-electron chi connectivity index (χ0n) is 7.03. The van der Waals surface area contributed by atoms with E-state index in [0.717, 1.165) is 13.1 Å². The van der Waals surface area contributed by atoms with Crippen molar-refractivity contribution in [2.75, 3.05) is 18.8 Å². The van der Waals surface area contributed by atoms with Crippen LogP contribution in [0.25, 0.3) is 0 Å². The van der Waals surface area contributed by atoms with Crippen LogP contribution in [0.15, 0.2) is 6.20 Å². The predicted octanol–water partition coefficient (Wildman–Crippen LogP) is -1.29. The van der Waals surface area contributed by atoms with E-state index >= 15 is 0 Å². The van der Waals surface area contributed by atoms with Gasteiger partial charge in [-0.15, -0.1) is 0 Å². The number of hydrogen-bond acceptors (Lipinski definition) is 4.